The molecule has 1 aromatic carbocycles. The molecule has 0 spiro atoms. The highest BCUT2D eigenvalue weighted by molar-refractivity contribution is 5.85. The maximum absolute atomic E-state index is 11.9. The van der Waals surface area contributed by atoms with Crippen molar-refractivity contribution in [2.24, 2.45) is 5.92 Å². The average Bonchev–Trinajstić information content (AvgIpc) is 2.92. The summed E-state index contributed by atoms with van der Waals surface area (Å²) >= 11 is 0. The van der Waals surface area contributed by atoms with Crippen molar-refractivity contribution in [3.05, 3.63) is 34.4 Å². The van der Waals surface area contributed by atoms with E-state index in [1.807, 2.05) is 0 Å². The van der Waals surface area contributed by atoms with E-state index in [1.54, 1.807) is 0 Å². The number of carbonyl (C=O) groups is 1. The molecule has 0 radical (unpaired) electrons. The maximum atomic E-state index is 11.9. The molecule has 1 aliphatic heterocycles. The Bertz CT molecular complexity index is 473. The molecule has 1 amide bonds. The van der Waals surface area contributed by atoms with Crippen LogP contribution in [0.3, 0.4) is 0 Å². The molecule has 1 aromatic rings. The van der Waals surface area contributed by atoms with Crippen LogP contribution in [0, 0.1) is 26.7 Å². The van der Waals surface area contributed by atoms with Crippen molar-refractivity contribution >= 4 is 18.3 Å². The summed E-state index contributed by atoms with van der Waals surface area (Å²) in [4.78, 5) is 11.9. The first-order chi connectivity index (χ1) is 10.1. The van der Waals surface area contributed by atoms with Crippen LogP contribution in [0.2, 0.25) is 0 Å². The second-order valence-electron chi connectivity index (χ2n) is 6.37. The highest BCUT2D eigenvalue weighted by atomic mass is 35.5. The predicted octanol–water partition coefficient (Wildman–Crippen LogP) is 3.08. The van der Waals surface area contributed by atoms with Crippen LogP contribution < -0.4 is 10.6 Å². The Balaban J connectivity index is 0.00000242. The minimum absolute atomic E-state index is 0. The topological polar surface area (TPSA) is 41.1 Å². The third kappa shape index (κ3) is 5.62. The summed E-state index contributed by atoms with van der Waals surface area (Å²) in [7, 11) is 0. The van der Waals surface area contributed by atoms with Gasteiger partial charge in [-0.3, -0.25) is 4.79 Å². The quantitative estimate of drug-likeness (QED) is 0.844. The number of aryl methyl sites for hydroxylation is 3. The molecule has 1 saturated heterocycles. The monoisotopic (exact) mass is 324 g/mol. The summed E-state index contributed by atoms with van der Waals surface area (Å²) < 4.78 is 0. The van der Waals surface area contributed by atoms with E-state index in [9.17, 15) is 4.79 Å². The van der Waals surface area contributed by atoms with Crippen LogP contribution in [-0.4, -0.2) is 25.5 Å². The second kappa shape index (κ2) is 9.16. The number of benzene rings is 1. The van der Waals surface area contributed by atoms with E-state index in [1.165, 1.54) is 28.7 Å². The van der Waals surface area contributed by atoms with Gasteiger partial charge in [-0.05, 0) is 75.7 Å². The van der Waals surface area contributed by atoms with Crippen molar-refractivity contribution in [1.82, 2.24) is 10.6 Å². The van der Waals surface area contributed by atoms with Gasteiger partial charge >= 0.3 is 0 Å². The van der Waals surface area contributed by atoms with Gasteiger partial charge in [0.15, 0.2) is 0 Å². The summed E-state index contributed by atoms with van der Waals surface area (Å²) in [5.74, 6) is 0.890. The molecule has 2 rings (SSSR count). The lowest BCUT2D eigenvalue weighted by atomic mass is 9.97. The fourth-order valence-corrected chi connectivity index (χ4v) is 3.32. The van der Waals surface area contributed by atoms with Crippen LogP contribution in [0.4, 0.5) is 0 Å². The van der Waals surface area contributed by atoms with E-state index in [-0.39, 0.29) is 18.3 Å². The molecule has 3 nitrogen and oxygen atoms in total. The van der Waals surface area contributed by atoms with Gasteiger partial charge in [0.25, 0.3) is 0 Å². The number of hydrogen-bond donors (Lipinski definition) is 2. The number of carbonyl (C=O) groups excluding carboxylic acids is 1. The van der Waals surface area contributed by atoms with Crippen molar-refractivity contribution in [3.8, 4) is 0 Å². The maximum Gasteiger partial charge on any atom is 0.220 e. The lowest BCUT2D eigenvalue weighted by Gasteiger charge is -2.12. The van der Waals surface area contributed by atoms with Gasteiger partial charge in [-0.25, -0.2) is 0 Å². The summed E-state index contributed by atoms with van der Waals surface area (Å²) in [5.41, 5.74) is 5.35. The van der Waals surface area contributed by atoms with Crippen molar-refractivity contribution < 1.29 is 4.79 Å². The van der Waals surface area contributed by atoms with Crippen molar-refractivity contribution in [2.45, 2.75) is 46.5 Å². The molecular formula is C18H29ClN2O. The van der Waals surface area contributed by atoms with E-state index < -0.39 is 0 Å². The van der Waals surface area contributed by atoms with Crippen molar-refractivity contribution in [1.29, 1.82) is 0 Å². The van der Waals surface area contributed by atoms with Crippen molar-refractivity contribution in [3.63, 3.8) is 0 Å². The summed E-state index contributed by atoms with van der Waals surface area (Å²) in [6.45, 7) is 9.37. The zero-order valence-electron chi connectivity index (χ0n) is 14.0. The molecule has 0 bridgehead atoms. The van der Waals surface area contributed by atoms with Gasteiger partial charge in [-0.2, -0.15) is 0 Å². The van der Waals surface area contributed by atoms with Gasteiger partial charge in [0, 0.05) is 13.0 Å². The Morgan fingerprint density at radius 2 is 1.95 bits per heavy atom. The summed E-state index contributed by atoms with van der Waals surface area (Å²) in [5, 5.41) is 6.41. The van der Waals surface area contributed by atoms with Crippen LogP contribution in [0.1, 0.15) is 41.5 Å². The van der Waals surface area contributed by atoms with Gasteiger partial charge in [-0.15, -0.1) is 12.4 Å². The number of hydrogen-bond acceptors (Lipinski definition) is 2. The van der Waals surface area contributed by atoms with Gasteiger partial charge in [0.1, 0.15) is 0 Å². The smallest absolute Gasteiger partial charge is 0.220 e. The Morgan fingerprint density at radius 1 is 1.27 bits per heavy atom. The standard InChI is InChI=1S/C18H28N2O.ClH/c1-13-10-14(2)17(15(3)11-13)7-9-20-18(21)5-4-16-6-8-19-12-16;/h10-11,16,19H,4-9,12H2,1-3H3,(H,20,21);1H. The zero-order valence-corrected chi connectivity index (χ0v) is 14.8. The van der Waals surface area contributed by atoms with E-state index in [2.05, 4.69) is 43.5 Å². The predicted molar refractivity (Wildman–Crippen MR) is 94.8 cm³/mol. The molecule has 2 N–H and O–H groups in total. The Morgan fingerprint density at radius 3 is 2.55 bits per heavy atom. The second-order valence-corrected chi connectivity index (χ2v) is 6.37. The van der Waals surface area contributed by atoms with E-state index in [0.717, 1.165) is 32.5 Å². The van der Waals surface area contributed by atoms with Crippen LogP contribution in [0.5, 0.6) is 0 Å². The number of amides is 1. The highest BCUT2D eigenvalue weighted by Gasteiger charge is 2.15. The SMILES string of the molecule is Cc1cc(C)c(CCNC(=O)CCC2CCNC2)c(C)c1.Cl. The van der Waals surface area contributed by atoms with E-state index >= 15 is 0 Å². The van der Waals surface area contributed by atoms with Crippen molar-refractivity contribution in [2.75, 3.05) is 19.6 Å². The van der Waals surface area contributed by atoms with Crippen LogP contribution in [-0.2, 0) is 11.2 Å². The third-order valence-corrected chi connectivity index (χ3v) is 4.48. The molecule has 0 aromatic heterocycles. The third-order valence-electron chi connectivity index (χ3n) is 4.48. The number of nitrogens with one attached hydrogen (secondary N) is 2. The summed E-state index contributed by atoms with van der Waals surface area (Å²) in [6, 6.07) is 4.44. The van der Waals surface area contributed by atoms with Crippen LogP contribution >= 0.6 is 12.4 Å². The van der Waals surface area contributed by atoms with Gasteiger partial charge in [0.05, 0.1) is 0 Å². The zero-order chi connectivity index (χ0) is 15.2. The minimum Gasteiger partial charge on any atom is -0.356 e. The first-order valence-corrected chi connectivity index (χ1v) is 8.10. The molecule has 22 heavy (non-hydrogen) atoms. The summed E-state index contributed by atoms with van der Waals surface area (Å²) in [6.07, 6.45) is 3.82. The molecule has 1 unspecified atom stereocenters. The average molecular weight is 325 g/mol. The highest BCUT2D eigenvalue weighted by Crippen LogP contribution is 2.17. The van der Waals surface area contributed by atoms with E-state index in [0.29, 0.717) is 12.3 Å². The first-order valence-electron chi connectivity index (χ1n) is 8.10. The van der Waals surface area contributed by atoms with Crippen LogP contribution in [0.15, 0.2) is 12.1 Å². The number of halogens is 1. The molecule has 4 heteroatoms. The largest absolute Gasteiger partial charge is 0.356 e. The van der Waals surface area contributed by atoms with Gasteiger partial charge < -0.3 is 10.6 Å². The van der Waals surface area contributed by atoms with Gasteiger partial charge in [0.2, 0.25) is 5.91 Å². The fourth-order valence-electron chi connectivity index (χ4n) is 3.32. The Labute approximate surface area is 140 Å². The van der Waals surface area contributed by atoms with Gasteiger partial charge in [-0.1, -0.05) is 17.7 Å². The Hall–Kier alpha value is -1.06. The molecule has 0 aliphatic carbocycles. The molecule has 0 saturated carbocycles. The molecule has 1 atom stereocenters. The lowest BCUT2D eigenvalue weighted by molar-refractivity contribution is -0.121. The fraction of sp³-hybridized carbons (Fsp3) is 0.611. The Kier molecular flexibility index (Phi) is 7.91. The molecular weight excluding hydrogens is 296 g/mol. The first kappa shape index (κ1) is 19.0. The van der Waals surface area contributed by atoms with Crippen LogP contribution in [0.25, 0.3) is 0 Å². The molecule has 1 fully saturated rings. The van der Waals surface area contributed by atoms with E-state index in [4.69, 9.17) is 0 Å². The minimum atomic E-state index is 0. The lowest BCUT2D eigenvalue weighted by Crippen LogP contribution is -2.26. The molecule has 1 aliphatic rings. The number of rotatable bonds is 6. The molecule has 124 valence electrons. The molecule has 1 heterocycles. The normalized spacial score (nSPS) is 17.1.